The number of nitrogens with zero attached hydrogens (tertiary/aromatic N) is 2. The van der Waals surface area contributed by atoms with Crippen molar-refractivity contribution in [3.8, 4) is 17.2 Å². The average molecular weight is 617 g/mol. The number of rotatable bonds is 11. The Morgan fingerprint density at radius 2 is 1.52 bits per heavy atom. The van der Waals surface area contributed by atoms with Gasteiger partial charge in [-0.1, -0.05) is 37.8 Å². The first-order valence-corrected chi connectivity index (χ1v) is 14.4. The molecule has 13 heteroatoms. The molecule has 5 aromatic rings. The minimum Gasteiger partial charge on any atom is -0.508 e. The number of hydrogen-bond acceptors (Lipinski definition) is 10. The van der Waals surface area contributed by atoms with Gasteiger partial charge >= 0.3 is 0 Å². The summed E-state index contributed by atoms with van der Waals surface area (Å²) in [5.41, 5.74) is 2.30. The summed E-state index contributed by atoms with van der Waals surface area (Å²) in [6, 6.07) is 24.5. The van der Waals surface area contributed by atoms with Gasteiger partial charge in [-0.05, 0) is 42.5 Å². The van der Waals surface area contributed by atoms with Crippen LogP contribution in [0.5, 0.6) is 17.2 Å². The molecule has 0 aliphatic heterocycles. The van der Waals surface area contributed by atoms with E-state index in [0.717, 1.165) is 0 Å². The van der Waals surface area contributed by atoms with Crippen molar-refractivity contribution >= 4 is 55.7 Å². The molecule has 0 bridgehead atoms. The lowest BCUT2D eigenvalue weighted by atomic mass is 10.2. The normalized spacial score (nSPS) is 10.8. The zero-order valence-corrected chi connectivity index (χ0v) is 24.0. The summed E-state index contributed by atoms with van der Waals surface area (Å²) in [7, 11) is -1.20. The molecule has 1 heterocycles. The van der Waals surface area contributed by atoms with Gasteiger partial charge in [-0.25, -0.2) is 18.4 Å². The first kappa shape index (κ1) is 31.4. The Balaban J connectivity index is 0.00000442. The molecular formula is C31H32N6O6S. The van der Waals surface area contributed by atoms with Gasteiger partial charge in [0.05, 0.1) is 42.4 Å². The second-order valence-corrected chi connectivity index (χ2v) is 10.9. The Morgan fingerprint density at radius 1 is 0.818 bits per heavy atom. The van der Waals surface area contributed by atoms with Crippen LogP contribution in [0.4, 0.5) is 28.7 Å². The van der Waals surface area contributed by atoms with Gasteiger partial charge in [-0.15, -0.1) is 0 Å². The van der Waals surface area contributed by atoms with Gasteiger partial charge in [0.2, 0.25) is 5.91 Å². The average Bonchev–Trinajstić information content (AvgIpc) is 3.00. The summed E-state index contributed by atoms with van der Waals surface area (Å²) >= 11 is 0. The van der Waals surface area contributed by atoms with Crippen molar-refractivity contribution in [2.75, 3.05) is 41.4 Å². The number of methoxy groups -OCH3 is 2. The molecule has 0 radical (unpaired) electrons. The van der Waals surface area contributed by atoms with Gasteiger partial charge < -0.3 is 30.5 Å². The number of aromatic hydroxyl groups is 1. The van der Waals surface area contributed by atoms with E-state index in [4.69, 9.17) is 9.47 Å². The second kappa shape index (κ2) is 13.6. The lowest BCUT2D eigenvalue weighted by Gasteiger charge is -2.15. The summed E-state index contributed by atoms with van der Waals surface area (Å²) in [4.78, 5) is 21.5. The maximum atomic E-state index is 13.5. The minimum atomic E-state index is -4.19. The van der Waals surface area contributed by atoms with Crippen LogP contribution >= 0.6 is 0 Å². The predicted molar refractivity (Wildman–Crippen MR) is 172 cm³/mol. The molecule has 0 saturated heterocycles. The second-order valence-electron chi connectivity index (χ2n) is 9.19. The number of benzene rings is 4. The van der Waals surface area contributed by atoms with Gasteiger partial charge in [0.25, 0.3) is 10.0 Å². The van der Waals surface area contributed by atoms with Crippen molar-refractivity contribution < 1.29 is 27.8 Å². The first-order chi connectivity index (χ1) is 20.7. The highest BCUT2D eigenvalue weighted by molar-refractivity contribution is 7.92. The zero-order chi connectivity index (χ0) is 30.4. The Kier molecular flexibility index (Phi) is 9.71. The van der Waals surface area contributed by atoms with Crippen LogP contribution in [0.3, 0.4) is 0 Å². The van der Waals surface area contributed by atoms with Crippen molar-refractivity contribution in [2.24, 2.45) is 0 Å². The third kappa shape index (κ3) is 7.44. The summed E-state index contributed by atoms with van der Waals surface area (Å²) in [6.07, 6.45) is 0. The number of nitrogens with one attached hydrogen (secondary N) is 4. The first-order valence-electron chi connectivity index (χ1n) is 13.0. The van der Waals surface area contributed by atoms with Gasteiger partial charge in [-0.3, -0.25) is 9.52 Å². The maximum absolute atomic E-state index is 13.5. The van der Waals surface area contributed by atoms with E-state index < -0.39 is 10.0 Å². The SMILES string of the molecule is C.COc1cc(O)cc(Nc2nc3ccccc3nc2NS(=O)(=O)c2cccc(NC(=O)CNc3ccccc3OC)c2)c1. The molecular weight excluding hydrogens is 584 g/mol. The fraction of sp³-hybridized carbons (Fsp3) is 0.129. The van der Waals surface area contributed by atoms with Crippen molar-refractivity contribution in [3.63, 3.8) is 0 Å². The molecule has 1 amide bonds. The Bertz CT molecular complexity index is 1900. The van der Waals surface area contributed by atoms with E-state index >= 15 is 0 Å². The monoisotopic (exact) mass is 616 g/mol. The number of hydrogen-bond donors (Lipinski definition) is 5. The largest absolute Gasteiger partial charge is 0.508 e. The number of phenols is 1. The standard InChI is InChI=1S/C30H28N6O6S.CH4/c1-41-22-15-20(14-21(37)17-22)33-29-30(35-25-11-4-3-10-24(25)34-29)36-43(39,40)23-9-7-8-19(16-23)32-28(38)18-31-26-12-5-6-13-27(26)42-2;/h3-17,31,37H,18H2,1-2H3,(H,32,38)(H,33,34)(H,35,36);1H4. The Hall–Kier alpha value is -5.56. The van der Waals surface area contributed by atoms with Crippen molar-refractivity contribution in [1.29, 1.82) is 0 Å². The van der Waals surface area contributed by atoms with Crippen LogP contribution in [0.2, 0.25) is 0 Å². The van der Waals surface area contributed by atoms with E-state index in [-0.39, 0.29) is 47.8 Å². The highest BCUT2D eigenvalue weighted by Crippen LogP contribution is 2.31. The van der Waals surface area contributed by atoms with Gasteiger partial charge in [-0.2, -0.15) is 0 Å². The van der Waals surface area contributed by atoms with Crippen LogP contribution in [0.25, 0.3) is 11.0 Å². The molecule has 5 rings (SSSR count). The molecule has 0 spiro atoms. The topological polar surface area (TPSA) is 164 Å². The molecule has 4 aromatic carbocycles. The number of aromatic nitrogens is 2. The summed E-state index contributed by atoms with van der Waals surface area (Å²) < 4.78 is 40.0. The molecule has 0 aliphatic rings. The smallest absolute Gasteiger partial charge is 0.263 e. The molecule has 12 nitrogen and oxygen atoms in total. The maximum Gasteiger partial charge on any atom is 0.263 e. The van der Waals surface area contributed by atoms with Gasteiger partial charge in [0, 0.05) is 29.6 Å². The van der Waals surface area contributed by atoms with Crippen LogP contribution in [-0.4, -0.2) is 50.2 Å². The fourth-order valence-electron chi connectivity index (χ4n) is 4.17. The van der Waals surface area contributed by atoms with Crippen molar-refractivity contribution in [1.82, 2.24) is 9.97 Å². The van der Waals surface area contributed by atoms with E-state index in [9.17, 15) is 18.3 Å². The summed E-state index contributed by atoms with van der Waals surface area (Å²) in [5.74, 6) is 0.549. The number of carbonyl (C=O) groups excluding carboxylic acids is 1. The third-order valence-electron chi connectivity index (χ3n) is 6.17. The van der Waals surface area contributed by atoms with Gasteiger partial charge in [0.15, 0.2) is 11.6 Å². The predicted octanol–water partition coefficient (Wildman–Crippen LogP) is 5.58. The number of phenolic OH excluding ortho intramolecular Hbond substituents is 1. The number of anilines is 5. The van der Waals surface area contributed by atoms with E-state index in [2.05, 4.69) is 30.6 Å². The van der Waals surface area contributed by atoms with Crippen LogP contribution in [-0.2, 0) is 14.8 Å². The van der Waals surface area contributed by atoms with Crippen LogP contribution < -0.4 is 30.1 Å². The lowest BCUT2D eigenvalue weighted by molar-refractivity contribution is -0.114. The lowest BCUT2D eigenvalue weighted by Crippen LogP contribution is -2.22. The number of fused-ring (bicyclic) bond motifs is 1. The molecule has 0 fully saturated rings. The quantitative estimate of drug-likeness (QED) is 0.126. The molecule has 5 N–H and O–H groups in total. The third-order valence-corrected chi connectivity index (χ3v) is 7.50. The van der Waals surface area contributed by atoms with E-state index in [1.165, 1.54) is 44.6 Å². The number of ether oxygens (including phenoxy) is 2. The Labute approximate surface area is 255 Å². The van der Waals surface area contributed by atoms with Crippen LogP contribution in [0, 0.1) is 0 Å². The van der Waals surface area contributed by atoms with E-state index in [0.29, 0.717) is 33.9 Å². The Morgan fingerprint density at radius 3 is 2.25 bits per heavy atom. The van der Waals surface area contributed by atoms with E-state index in [1.54, 1.807) is 48.5 Å². The number of sulfonamides is 1. The molecule has 0 atom stereocenters. The molecule has 0 saturated carbocycles. The van der Waals surface area contributed by atoms with Crippen molar-refractivity contribution in [2.45, 2.75) is 12.3 Å². The van der Waals surface area contributed by atoms with Crippen molar-refractivity contribution in [3.05, 3.63) is 91.0 Å². The van der Waals surface area contributed by atoms with E-state index in [1.807, 2.05) is 12.1 Å². The highest BCUT2D eigenvalue weighted by Gasteiger charge is 2.20. The molecule has 44 heavy (non-hydrogen) atoms. The fourth-order valence-corrected chi connectivity index (χ4v) is 5.22. The van der Waals surface area contributed by atoms with Crippen LogP contribution in [0.15, 0.2) is 95.9 Å². The molecule has 0 aliphatic carbocycles. The zero-order valence-electron chi connectivity index (χ0n) is 23.2. The number of carbonyl (C=O) groups is 1. The molecule has 1 aromatic heterocycles. The minimum absolute atomic E-state index is 0. The number of amides is 1. The summed E-state index contributed by atoms with van der Waals surface area (Å²) in [6.45, 7) is -0.0723. The molecule has 0 unspecified atom stereocenters. The van der Waals surface area contributed by atoms with Gasteiger partial charge in [0.1, 0.15) is 17.2 Å². The highest BCUT2D eigenvalue weighted by atomic mass is 32.2. The summed E-state index contributed by atoms with van der Waals surface area (Å²) in [5, 5.41) is 18.8. The molecule has 228 valence electrons. The number of para-hydroxylation sites is 4. The van der Waals surface area contributed by atoms with Crippen LogP contribution in [0.1, 0.15) is 7.43 Å².